The van der Waals surface area contributed by atoms with Crippen LogP contribution in [0.25, 0.3) is 0 Å². The molecule has 1 aliphatic rings. The normalized spacial score (nSPS) is 19.5. The van der Waals surface area contributed by atoms with E-state index in [-0.39, 0.29) is 17.7 Å². The molecule has 0 spiro atoms. The Morgan fingerprint density at radius 3 is 3.06 bits per heavy atom. The van der Waals surface area contributed by atoms with Gasteiger partial charge in [-0.2, -0.15) is 11.8 Å². The van der Waals surface area contributed by atoms with Crippen LogP contribution < -0.4 is 10.6 Å². The summed E-state index contributed by atoms with van der Waals surface area (Å²) in [6.07, 6.45) is 1.94. The van der Waals surface area contributed by atoms with Gasteiger partial charge in [0.25, 0.3) is 0 Å². The van der Waals surface area contributed by atoms with Crippen molar-refractivity contribution in [1.82, 2.24) is 10.3 Å². The van der Waals surface area contributed by atoms with Gasteiger partial charge in [-0.05, 0) is 0 Å². The summed E-state index contributed by atoms with van der Waals surface area (Å²) in [5.41, 5.74) is 0. The highest BCUT2D eigenvalue weighted by Gasteiger charge is 2.17. The van der Waals surface area contributed by atoms with Gasteiger partial charge in [0, 0.05) is 37.4 Å². The summed E-state index contributed by atoms with van der Waals surface area (Å²) in [6, 6.07) is 0.232. The molecular formula is C11H15N3O2S2. The van der Waals surface area contributed by atoms with Crippen LogP contribution in [0.3, 0.4) is 0 Å². The predicted octanol–water partition coefficient (Wildman–Crippen LogP) is 1.38. The molecule has 0 bridgehead atoms. The Labute approximate surface area is 114 Å². The monoisotopic (exact) mass is 285 g/mol. The van der Waals surface area contributed by atoms with Crippen LogP contribution in [0.1, 0.15) is 23.0 Å². The van der Waals surface area contributed by atoms with Gasteiger partial charge in [0.05, 0.1) is 11.1 Å². The van der Waals surface area contributed by atoms with Crippen LogP contribution in [0.5, 0.6) is 0 Å². The molecule has 0 aromatic carbocycles. The lowest BCUT2D eigenvalue weighted by molar-refractivity contribution is -0.116. The Kier molecular flexibility index (Phi) is 4.73. The Morgan fingerprint density at radius 1 is 1.61 bits per heavy atom. The lowest BCUT2D eigenvalue weighted by Gasteiger charge is -2.22. The molecule has 2 heterocycles. The Hall–Kier alpha value is -0.920. The minimum atomic E-state index is -0.0561. The number of Topliss-reactive ketones (excluding diaryl/α,β-unsaturated/α-hetero) is 1. The summed E-state index contributed by atoms with van der Waals surface area (Å²) >= 11 is 3.07. The number of hydrogen-bond donors (Lipinski definition) is 2. The van der Waals surface area contributed by atoms with Gasteiger partial charge in [-0.3, -0.25) is 9.59 Å². The van der Waals surface area contributed by atoms with E-state index in [1.54, 1.807) is 0 Å². The minimum absolute atomic E-state index is 0.0293. The van der Waals surface area contributed by atoms with E-state index in [0.29, 0.717) is 16.4 Å². The summed E-state index contributed by atoms with van der Waals surface area (Å²) in [4.78, 5) is 27.5. The Morgan fingerprint density at radius 2 is 2.44 bits per heavy atom. The molecule has 0 saturated carbocycles. The number of rotatable bonds is 4. The van der Waals surface area contributed by atoms with E-state index < -0.39 is 0 Å². The zero-order chi connectivity index (χ0) is 13.0. The molecule has 1 unspecified atom stereocenters. The van der Waals surface area contributed by atoms with Crippen molar-refractivity contribution >= 4 is 39.9 Å². The molecule has 0 aliphatic carbocycles. The molecule has 1 amide bonds. The lowest BCUT2D eigenvalue weighted by Crippen LogP contribution is -2.39. The number of nitrogens with one attached hydrogen (secondary N) is 2. The molecule has 1 aromatic heterocycles. The van der Waals surface area contributed by atoms with Crippen LogP contribution in [0, 0.1) is 0 Å². The first-order valence-electron chi connectivity index (χ1n) is 5.73. The summed E-state index contributed by atoms with van der Waals surface area (Å²) in [5.74, 6) is 1.98. The van der Waals surface area contributed by atoms with Gasteiger partial charge in [0.2, 0.25) is 5.91 Å². The van der Waals surface area contributed by atoms with E-state index in [1.165, 1.54) is 24.5 Å². The van der Waals surface area contributed by atoms with Crippen molar-refractivity contribution in [1.29, 1.82) is 0 Å². The van der Waals surface area contributed by atoms with Gasteiger partial charge in [0.1, 0.15) is 0 Å². The third kappa shape index (κ3) is 3.79. The van der Waals surface area contributed by atoms with Gasteiger partial charge < -0.3 is 10.6 Å². The molecule has 98 valence electrons. The summed E-state index contributed by atoms with van der Waals surface area (Å²) in [6.45, 7) is 2.44. The number of carbonyl (C=O) groups excluding carboxylic acids is 2. The average molecular weight is 285 g/mol. The smallest absolute Gasteiger partial charge is 0.227 e. The number of hydrogen-bond acceptors (Lipinski definition) is 6. The SMILES string of the molecule is CC(=O)c1cnc(NC(=O)CC2CSCCN2)s1. The number of thiazole rings is 1. The Bertz CT molecular complexity index is 441. The molecule has 1 saturated heterocycles. The second kappa shape index (κ2) is 6.31. The zero-order valence-corrected chi connectivity index (χ0v) is 11.7. The third-order valence-corrected chi connectivity index (χ3v) is 4.67. The first kappa shape index (κ1) is 13.5. The quantitative estimate of drug-likeness (QED) is 0.818. The van der Waals surface area contributed by atoms with Gasteiger partial charge in [-0.25, -0.2) is 4.98 Å². The predicted molar refractivity (Wildman–Crippen MR) is 74.5 cm³/mol. The molecule has 1 aromatic rings. The van der Waals surface area contributed by atoms with Crippen LogP contribution in [0.15, 0.2) is 6.20 Å². The van der Waals surface area contributed by atoms with Gasteiger partial charge in [-0.15, -0.1) is 0 Å². The number of aromatic nitrogens is 1. The molecule has 1 atom stereocenters. The largest absolute Gasteiger partial charge is 0.312 e. The van der Waals surface area contributed by atoms with Crippen molar-refractivity contribution in [2.24, 2.45) is 0 Å². The van der Waals surface area contributed by atoms with E-state index in [2.05, 4.69) is 15.6 Å². The van der Waals surface area contributed by atoms with E-state index in [0.717, 1.165) is 18.1 Å². The average Bonchev–Trinajstić information content (AvgIpc) is 2.78. The maximum atomic E-state index is 11.8. The minimum Gasteiger partial charge on any atom is -0.312 e. The molecular weight excluding hydrogens is 270 g/mol. The number of nitrogens with zero attached hydrogens (tertiary/aromatic N) is 1. The number of amides is 1. The van der Waals surface area contributed by atoms with Crippen molar-refractivity contribution in [3.63, 3.8) is 0 Å². The molecule has 18 heavy (non-hydrogen) atoms. The Balaban J connectivity index is 1.84. The molecule has 2 rings (SSSR count). The number of carbonyl (C=O) groups is 2. The van der Waals surface area contributed by atoms with E-state index in [1.807, 2.05) is 11.8 Å². The summed E-state index contributed by atoms with van der Waals surface area (Å²) < 4.78 is 0. The van der Waals surface area contributed by atoms with Crippen molar-refractivity contribution < 1.29 is 9.59 Å². The first-order chi connectivity index (χ1) is 8.65. The van der Waals surface area contributed by atoms with E-state index in [9.17, 15) is 9.59 Å². The summed E-state index contributed by atoms with van der Waals surface area (Å²) in [5, 5.41) is 6.53. The van der Waals surface area contributed by atoms with Gasteiger partial charge in [-0.1, -0.05) is 11.3 Å². The van der Waals surface area contributed by atoms with Gasteiger partial charge in [0.15, 0.2) is 10.9 Å². The van der Waals surface area contributed by atoms with E-state index >= 15 is 0 Å². The van der Waals surface area contributed by atoms with Crippen LogP contribution in [0.4, 0.5) is 5.13 Å². The fraction of sp³-hybridized carbons (Fsp3) is 0.545. The van der Waals surface area contributed by atoms with Crippen molar-refractivity contribution in [3.05, 3.63) is 11.1 Å². The number of thioether (sulfide) groups is 1. The van der Waals surface area contributed by atoms with Crippen molar-refractivity contribution in [2.45, 2.75) is 19.4 Å². The standard InChI is InChI=1S/C11H15N3O2S2/c1-7(15)9-5-13-11(18-9)14-10(16)4-8-6-17-3-2-12-8/h5,8,12H,2-4,6H2,1H3,(H,13,14,16). The van der Waals surface area contributed by atoms with Crippen molar-refractivity contribution in [3.8, 4) is 0 Å². The molecule has 0 radical (unpaired) electrons. The fourth-order valence-corrected chi connectivity index (χ4v) is 3.32. The topological polar surface area (TPSA) is 71.1 Å². The number of anilines is 1. The highest BCUT2D eigenvalue weighted by atomic mass is 32.2. The maximum Gasteiger partial charge on any atom is 0.227 e. The highest BCUT2D eigenvalue weighted by molar-refractivity contribution is 7.99. The van der Waals surface area contributed by atoms with Gasteiger partial charge >= 0.3 is 0 Å². The summed E-state index contributed by atoms with van der Waals surface area (Å²) in [7, 11) is 0. The molecule has 7 heteroatoms. The highest BCUT2D eigenvalue weighted by Crippen LogP contribution is 2.19. The first-order valence-corrected chi connectivity index (χ1v) is 7.70. The molecule has 1 fully saturated rings. The third-order valence-electron chi connectivity index (χ3n) is 2.53. The van der Waals surface area contributed by atoms with Crippen LogP contribution >= 0.6 is 23.1 Å². The number of ketones is 1. The fourth-order valence-electron chi connectivity index (χ4n) is 1.64. The molecule has 1 aliphatic heterocycles. The van der Waals surface area contributed by atoms with Crippen LogP contribution in [0.2, 0.25) is 0 Å². The molecule has 5 nitrogen and oxygen atoms in total. The maximum absolute atomic E-state index is 11.8. The van der Waals surface area contributed by atoms with Crippen LogP contribution in [-0.2, 0) is 4.79 Å². The van der Waals surface area contributed by atoms with Crippen LogP contribution in [-0.4, -0.2) is 40.8 Å². The molecule has 2 N–H and O–H groups in total. The van der Waals surface area contributed by atoms with E-state index in [4.69, 9.17) is 0 Å². The van der Waals surface area contributed by atoms with Crippen molar-refractivity contribution in [2.75, 3.05) is 23.4 Å². The zero-order valence-electron chi connectivity index (χ0n) is 10.1. The lowest BCUT2D eigenvalue weighted by atomic mass is 10.2. The second-order valence-electron chi connectivity index (χ2n) is 4.06. The second-order valence-corrected chi connectivity index (χ2v) is 6.24.